The molecule has 11 heteroatoms. The molecule has 1 aromatic rings. The smallest absolute Gasteiger partial charge is 0.350 e. The Morgan fingerprint density at radius 3 is 2.60 bits per heavy atom. The summed E-state index contributed by atoms with van der Waals surface area (Å²) >= 11 is 0. The van der Waals surface area contributed by atoms with Crippen LogP contribution in [0.25, 0.3) is 0 Å². The van der Waals surface area contributed by atoms with Crippen molar-refractivity contribution in [3.05, 3.63) is 24.2 Å². The first-order chi connectivity index (χ1) is 11.4. The van der Waals surface area contributed by atoms with Gasteiger partial charge in [0.25, 0.3) is 10.0 Å². The molecule has 0 unspecified atom stereocenters. The quantitative estimate of drug-likeness (QED) is 0.360. The lowest BCUT2D eigenvalue weighted by Gasteiger charge is -2.31. The molecule has 0 saturated carbocycles. The lowest BCUT2D eigenvalue weighted by Crippen LogP contribution is -2.45. The number of nitrogens with one attached hydrogen (secondary N) is 2. The molecule has 1 aliphatic rings. The van der Waals surface area contributed by atoms with Crippen LogP contribution >= 0.6 is 24.0 Å². The molecule has 2 heterocycles. The second kappa shape index (κ2) is 10.3. The van der Waals surface area contributed by atoms with Gasteiger partial charge in [-0.1, -0.05) is 0 Å². The van der Waals surface area contributed by atoms with Crippen LogP contribution < -0.4 is 10.6 Å². The fourth-order valence-electron chi connectivity index (χ4n) is 2.53. The van der Waals surface area contributed by atoms with Gasteiger partial charge in [0.05, 0.1) is 12.8 Å². The Kier molecular flexibility index (Phi) is 9.07. The van der Waals surface area contributed by atoms with Crippen molar-refractivity contribution in [2.45, 2.75) is 25.1 Å². The van der Waals surface area contributed by atoms with Crippen molar-refractivity contribution >= 4 is 40.0 Å². The van der Waals surface area contributed by atoms with Crippen molar-refractivity contribution in [2.75, 3.05) is 26.7 Å². The Bertz CT molecular complexity index is 633. The van der Waals surface area contributed by atoms with E-state index in [2.05, 4.69) is 15.6 Å². The van der Waals surface area contributed by atoms with Gasteiger partial charge in [0.2, 0.25) is 0 Å². The van der Waals surface area contributed by atoms with Gasteiger partial charge in [-0.3, -0.25) is 4.99 Å². The number of nitrogens with zero attached hydrogens (tertiary/aromatic N) is 2. The second-order valence-electron chi connectivity index (χ2n) is 5.53. The third-order valence-electron chi connectivity index (χ3n) is 3.95. The average molecular weight is 492 g/mol. The van der Waals surface area contributed by atoms with E-state index in [1.165, 1.54) is 0 Å². The summed E-state index contributed by atoms with van der Waals surface area (Å²) < 4.78 is 54.0. The Labute approximate surface area is 163 Å². The number of aliphatic imine (C=N–C) groups is 1. The summed E-state index contributed by atoms with van der Waals surface area (Å²) in [5, 5.41) is 6.26. The molecule has 25 heavy (non-hydrogen) atoms. The molecule has 144 valence electrons. The van der Waals surface area contributed by atoms with Gasteiger partial charge in [0, 0.05) is 26.7 Å². The molecule has 7 nitrogen and oxygen atoms in total. The number of piperidine rings is 1. The first kappa shape index (κ1) is 22.1. The van der Waals surface area contributed by atoms with Gasteiger partial charge >= 0.3 is 5.76 Å². The highest BCUT2D eigenvalue weighted by Gasteiger charge is 2.34. The van der Waals surface area contributed by atoms with Crippen LogP contribution in [0.2, 0.25) is 0 Å². The zero-order valence-corrected chi connectivity index (χ0v) is 17.0. The molecule has 1 fully saturated rings. The maximum absolute atomic E-state index is 12.5. The van der Waals surface area contributed by atoms with E-state index in [9.17, 15) is 17.2 Å². The van der Waals surface area contributed by atoms with E-state index in [4.69, 9.17) is 4.42 Å². The molecule has 0 spiro atoms. The van der Waals surface area contributed by atoms with Crippen LogP contribution in [-0.2, 0) is 16.6 Å². The lowest BCUT2D eigenvalue weighted by molar-refractivity contribution is 0.204. The third kappa shape index (κ3) is 6.37. The van der Waals surface area contributed by atoms with Crippen molar-refractivity contribution in [2.24, 2.45) is 10.9 Å². The van der Waals surface area contributed by atoms with E-state index in [1.807, 2.05) is 6.07 Å². The highest BCUT2D eigenvalue weighted by molar-refractivity contribution is 14.0. The number of hydrogen-bond acceptors (Lipinski definition) is 4. The molecule has 0 aliphatic carbocycles. The van der Waals surface area contributed by atoms with Crippen molar-refractivity contribution in [1.82, 2.24) is 14.9 Å². The van der Waals surface area contributed by atoms with Crippen LogP contribution in [0.5, 0.6) is 0 Å². The maximum Gasteiger partial charge on any atom is 0.350 e. The van der Waals surface area contributed by atoms with E-state index in [0.29, 0.717) is 31.9 Å². The van der Waals surface area contributed by atoms with Crippen molar-refractivity contribution < 1.29 is 21.6 Å². The van der Waals surface area contributed by atoms with Crippen LogP contribution in [0.3, 0.4) is 0 Å². The van der Waals surface area contributed by atoms with Gasteiger partial charge in [0.15, 0.2) is 5.96 Å². The first-order valence-electron chi connectivity index (χ1n) is 7.67. The fraction of sp³-hybridized carbons (Fsp3) is 0.643. The SMILES string of the molecule is CN=C(NCc1ccco1)NCC1CCN(S(=O)(=O)C(F)F)CC1.I. The van der Waals surface area contributed by atoms with Crippen LogP contribution in [0, 0.1) is 5.92 Å². The number of sulfonamides is 1. The van der Waals surface area contributed by atoms with Gasteiger partial charge in [0.1, 0.15) is 5.76 Å². The minimum Gasteiger partial charge on any atom is -0.467 e. The molecule has 0 radical (unpaired) electrons. The van der Waals surface area contributed by atoms with E-state index < -0.39 is 15.8 Å². The molecule has 1 aliphatic heterocycles. The number of guanidine groups is 1. The standard InChI is InChI=1S/C14H22F2N4O3S.HI/c1-17-14(19-10-12-3-2-8-23-12)18-9-11-4-6-20(7-5-11)24(21,22)13(15)16;/h2-3,8,11,13H,4-7,9-10H2,1H3,(H2,17,18,19);1H. The number of furan rings is 1. The second-order valence-corrected chi connectivity index (χ2v) is 7.44. The minimum absolute atomic E-state index is 0. The monoisotopic (exact) mass is 492 g/mol. The summed E-state index contributed by atoms with van der Waals surface area (Å²) in [6, 6.07) is 3.65. The summed E-state index contributed by atoms with van der Waals surface area (Å²) in [6.45, 7) is 1.34. The van der Waals surface area contributed by atoms with Crippen molar-refractivity contribution in [3.63, 3.8) is 0 Å². The van der Waals surface area contributed by atoms with Gasteiger partial charge in [-0.2, -0.15) is 13.1 Å². The lowest BCUT2D eigenvalue weighted by atomic mass is 9.98. The highest BCUT2D eigenvalue weighted by Crippen LogP contribution is 2.22. The summed E-state index contributed by atoms with van der Waals surface area (Å²) in [6.07, 6.45) is 2.66. The number of hydrogen-bond donors (Lipinski definition) is 2. The normalized spacial score (nSPS) is 17.4. The van der Waals surface area contributed by atoms with Crippen LogP contribution in [0.15, 0.2) is 27.8 Å². The summed E-state index contributed by atoms with van der Waals surface area (Å²) in [7, 11) is -2.81. The molecular formula is C14H23F2IN4O3S. The molecule has 0 bridgehead atoms. The van der Waals surface area contributed by atoms with Gasteiger partial charge < -0.3 is 15.1 Å². The highest BCUT2D eigenvalue weighted by atomic mass is 127. The Morgan fingerprint density at radius 2 is 2.08 bits per heavy atom. The summed E-state index contributed by atoms with van der Waals surface area (Å²) in [5.74, 6) is -1.76. The average Bonchev–Trinajstić information content (AvgIpc) is 3.08. The molecule has 2 rings (SSSR count). The fourth-order valence-corrected chi connectivity index (χ4v) is 3.47. The predicted octanol–water partition coefficient (Wildman–Crippen LogP) is 1.83. The summed E-state index contributed by atoms with van der Waals surface area (Å²) in [4.78, 5) is 4.10. The van der Waals surface area contributed by atoms with E-state index >= 15 is 0 Å². The zero-order valence-electron chi connectivity index (χ0n) is 13.8. The molecular weight excluding hydrogens is 469 g/mol. The molecule has 1 aromatic heterocycles. The molecule has 0 amide bonds. The topological polar surface area (TPSA) is 86.9 Å². The Balaban J connectivity index is 0.00000312. The minimum atomic E-state index is -4.46. The number of halogens is 3. The zero-order chi connectivity index (χ0) is 17.6. The molecule has 0 atom stereocenters. The van der Waals surface area contributed by atoms with E-state index in [0.717, 1.165) is 10.1 Å². The van der Waals surface area contributed by atoms with Crippen LogP contribution in [-0.4, -0.2) is 51.1 Å². The maximum atomic E-state index is 12.5. The van der Waals surface area contributed by atoms with Crippen LogP contribution in [0.1, 0.15) is 18.6 Å². The van der Waals surface area contributed by atoms with Gasteiger partial charge in [-0.15, -0.1) is 24.0 Å². The molecule has 1 saturated heterocycles. The van der Waals surface area contributed by atoms with Gasteiger partial charge in [-0.05, 0) is 30.9 Å². The predicted molar refractivity (Wildman–Crippen MR) is 102 cm³/mol. The van der Waals surface area contributed by atoms with E-state index in [-0.39, 0.29) is 43.0 Å². The number of alkyl halides is 2. The molecule has 2 N–H and O–H groups in total. The van der Waals surface area contributed by atoms with Crippen LogP contribution in [0.4, 0.5) is 8.78 Å². The van der Waals surface area contributed by atoms with E-state index in [1.54, 1.807) is 19.4 Å². The van der Waals surface area contributed by atoms with Crippen molar-refractivity contribution in [1.29, 1.82) is 0 Å². The molecule has 0 aromatic carbocycles. The van der Waals surface area contributed by atoms with Crippen molar-refractivity contribution in [3.8, 4) is 0 Å². The van der Waals surface area contributed by atoms with Gasteiger partial charge in [-0.25, -0.2) is 8.42 Å². The summed E-state index contributed by atoms with van der Waals surface area (Å²) in [5.41, 5.74) is 0. The third-order valence-corrected chi connectivity index (χ3v) is 5.49. The first-order valence-corrected chi connectivity index (χ1v) is 9.18. The number of rotatable bonds is 6. The Morgan fingerprint density at radius 1 is 1.40 bits per heavy atom. The largest absolute Gasteiger partial charge is 0.467 e. The Hall–Kier alpha value is -0.950.